The van der Waals surface area contributed by atoms with Crippen LogP contribution in [0.4, 0.5) is 0 Å². The van der Waals surface area contributed by atoms with Crippen molar-refractivity contribution in [3.05, 3.63) is 0 Å². The number of aliphatic hydroxyl groups is 4. The zero-order valence-electron chi connectivity index (χ0n) is 8.87. The molecule has 0 radical (unpaired) electrons. The van der Waals surface area contributed by atoms with Gasteiger partial charge in [0.2, 0.25) is 0 Å². The minimum absolute atomic E-state index is 0.0238. The molecule has 16 heavy (non-hydrogen) atoms. The van der Waals surface area contributed by atoms with Gasteiger partial charge in [0.15, 0.2) is 6.10 Å². The van der Waals surface area contributed by atoms with Crippen molar-refractivity contribution in [2.75, 3.05) is 13.2 Å². The quantitative estimate of drug-likeness (QED) is 0.286. The summed E-state index contributed by atoms with van der Waals surface area (Å²) in [6, 6.07) is 0. The van der Waals surface area contributed by atoms with Crippen LogP contribution in [0, 0.1) is 0 Å². The Labute approximate surface area is 92.3 Å². The summed E-state index contributed by atoms with van der Waals surface area (Å²) in [5, 5.41) is 35.7. The van der Waals surface area contributed by atoms with Gasteiger partial charge in [0.1, 0.15) is 12.2 Å². The van der Waals surface area contributed by atoms with Crippen LogP contribution >= 0.6 is 0 Å². The standard InChI is InChI=1S/C9H16O7/c1-2-3-16-9(15)8(14)7(13)6(12)5(11)4-10/h5-7,10-13H,2-4H2,1H3/t5-,6+,7-/m0/s1. The Bertz CT molecular complexity index is 240. The van der Waals surface area contributed by atoms with Crippen LogP contribution < -0.4 is 0 Å². The van der Waals surface area contributed by atoms with Crippen molar-refractivity contribution in [3.8, 4) is 0 Å². The number of hydrogen-bond donors (Lipinski definition) is 4. The van der Waals surface area contributed by atoms with Gasteiger partial charge in [0, 0.05) is 0 Å². The van der Waals surface area contributed by atoms with Crippen LogP contribution in [0.1, 0.15) is 13.3 Å². The van der Waals surface area contributed by atoms with Crippen LogP contribution in [0.2, 0.25) is 0 Å². The summed E-state index contributed by atoms with van der Waals surface area (Å²) >= 11 is 0. The Morgan fingerprint density at radius 3 is 2.25 bits per heavy atom. The molecule has 7 nitrogen and oxygen atoms in total. The van der Waals surface area contributed by atoms with Gasteiger partial charge >= 0.3 is 5.97 Å². The Hall–Kier alpha value is -1.02. The number of carbonyl (C=O) groups excluding carboxylic acids is 2. The van der Waals surface area contributed by atoms with E-state index in [1.54, 1.807) is 6.92 Å². The van der Waals surface area contributed by atoms with Gasteiger partial charge in [-0.1, -0.05) is 6.92 Å². The molecule has 0 saturated heterocycles. The van der Waals surface area contributed by atoms with Crippen LogP contribution in [0.5, 0.6) is 0 Å². The molecule has 0 unspecified atom stereocenters. The van der Waals surface area contributed by atoms with Gasteiger partial charge in [0.05, 0.1) is 13.2 Å². The lowest BCUT2D eigenvalue weighted by molar-refractivity contribution is -0.163. The number of ketones is 1. The van der Waals surface area contributed by atoms with Crippen molar-refractivity contribution < 1.29 is 34.8 Å². The van der Waals surface area contributed by atoms with Crippen LogP contribution in [0.15, 0.2) is 0 Å². The lowest BCUT2D eigenvalue weighted by Crippen LogP contribution is -2.46. The summed E-state index contributed by atoms with van der Waals surface area (Å²) in [5.74, 6) is -2.63. The van der Waals surface area contributed by atoms with Crippen molar-refractivity contribution in [3.63, 3.8) is 0 Å². The minimum atomic E-state index is -2.11. The third kappa shape index (κ3) is 4.23. The number of ether oxygens (including phenoxy) is 1. The van der Waals surface area contributed by atoms with Crippen LogP contribution in [-0.4, -0.2) is 63.7 Å². The third-order valence-corrected chi connectivity index (χ3v) is 1.81. The topological polar surface area (TPSA) is 124 Å². The van der Waals surface area contributed by atoms with Gasteiger partial charge in [-0.3, -0.25) is 4.79 Å². The summed E-state index contributed by atoms with van der Waals surface area (Å²) in [7, 11) is 0. The van der Waals surface area contributed by atoms with Crippen LogP contribution in [-0.2, 0) is 14.3 Å². The van der Waals surface area contributed by atoms with Crippen molar-refractivity contribution in [2.45, 2.75) is 31.7 Å². The maximum atomic E-state index is 11.1. The maximum Gasteiger partial charge on any atom is 0.377 e. The highest BCUT2D eigenvalue weighted by atomic mass is 16.5. The van der Waals surface area contributed by atoms with E-state index in [9.17, 15) is 14.7 Å². The van der Waals surface area contributed by atoms with Gasteiger partial charge in [-0.05, 0) is 6.42 Å². The average Bonchev–Trinajstić information content (AvgIpc) is 2.31. The largest absolute Gasteiger partial charge is 0.460 e. The van der Waals surface area contributed by atoms with Crippen molar-refractivity contribution in [1.29, 1.82) is 0 Å². The summed E-state index contributed by atoms with van der Waals surface area (Å²) in [6.07, 6.45) is -5.21. The third-order valence-electron chi connectivity index (χ3n) is 1.81. The highest BCUT2D eigenvalue weighted by Gasteiger charge is 2.34. The Morgan fingerprint density at radius 2 is 1.81 bits per heavy atom. The number of hydrogen-bond acceptors (Lipinski definition) is 7. The number of carbonyl (C=O) groups is 2. The number of esters is 1. The molecule has 94 valence electrons. The smallest absolute Gasteiger partial charge is 0.377 e. The molecule has 0 aromatic carbocycles. The van der Waals surface area contributed by atoms with Crippen LogP contribution in [0.25, 0.3) is 0 Å². The molecule has 0 saturated carbocycles. The monoisotopic (exact) mass is 236 g/mol. The molecule has 0 amide bonds. The normalized spacial score (nSPS) is 16.3. The van der Waals surface area contributed by atoms with Crippen molar-refractivity contribution >= 4 is 11.8 Å². The van der Waals surface area contributed by atoms with E-state index in [4.69, 9.17) is 15.3 Å². The van der Waals surface area contributed by atoms with E-state index >= 15 is 0 Å². The van der Waals surface area contributed by atoms with E-state index in [1.165, 1.54) is 0 Å². The van der Waals surface area contributed by atoms with Crippen molar-refractivity contribution in [1.82, 2.24) is 0 Å². The second-order valence-electron chi connectivity index (χ2n) is 3.19. The highest BCUT2D eigenvalue weighted by molar-refractivity contribution is 6.35. The van der Waals surface area contributed by atoms with Gasteiger partial charge < -0.3 is 25.2 Å². The Kier molecular flexibility index (Phi) is 6.82. The van der Waals surface area contributed by atoms with Gasteiger partial charge in [-0.2, -0.15) is 0 Å². The lowest BCUT2D eigenvalue weighted by Gasteiger charge is -2.19. The Balaban J connectivity index is 4.31. The molecule has 0 aliphatic rings. The molecule has 0 heterocycles. The molecular formula is C9H16O7. The fourth-order valence-electron chi connectivity index (χ4n) is 0.860. The average molecular weight is 236 g/mol. The first-order valence-electron chi connectivity index (χ1n) is 4.81. The van der Waals surface area contributed by atoms with Gasteiger partial charge in [-0.15, -0.1) is 0 Å². The highest BCUT2D eigenvalue weighted by Crippen LogP contribution is 2.02. The van der Waals surface area contributed by atoms with E-state index in [0.717, 1.165) is 0 Å². The molecule has 0 fully saturated rings. The zero-order chi connectivity index (χ0) is 12.7. The summed E-state index contributed by atoms with van der Waals surface area (Å²) < 4.78 is 4.43. The predicted octanol–water partition coefficient (Wildman–Crippen LogP) is -2.42. The second-order valence-corrected chi connectivity index (χ2v) is 3.19. The molecular weight excluding hydrogens is 220 g/mol. The van der Waals surface area contributed by atoms with E-state index in [2.05, 4.69) is 4.74 Å². The molecule has 7 heteroatoms. The van der Waals surface area contributed by atoms with Gasteiger partial charge in [0.25, 0.3) is 5.78 Å². The number of Topliss-reactive ketones (excluding diaryl/α,β-unsaturated/α-hetero) is 1. The molecule has 0 aromatic rings. The van der Waals surface area contributed by atoms with Crippen molar-refractivity contribution in [2.24, 2.45) is 0 Å². The molecule has 0 aliphatic heterocycles. The summed E-state index contributed by atoms with van der Waals surface area (Å²) in [5.41, 5.74) is 0. The number of rotatable bonds is 7. The molecule has 0 aliphatic carbocycles. The Morgan fingerprint density at radius 1 is 1.25 bits per heavy atom. The lowest BCUT2D eigenvalue weighted by atomic mass is 10.1. The van der Waals surface area contributed by atoms with Gasteiger partial charge in [-0.25, -0.2) is 4.79 Å². The first-order valence-corrected chi connectivity index (χ1v) is 4.81. The summed E-state index contributed by atoms with van der Waals surface area (Å²) in [6.45, 7) is 0.907. The summed E-state index contributed by atoms with van der Waals surface area (Å²) in [4.78, 5) is 22.1. The molecule has 4 N–H and O–H groups in total. The van der Waals surface area contributed by atoms with E-state index < -0.39 is 36.7 Å². The van der Waals surface area contributed by atoms with E-state index in [0.29, 0.717) is 6.42 Å². The van der Waals surface area contributed by atoms with E-state index in [-0.39, 0.29) is 6.61 Å². The fourth-order valence-corrected chi connectivity index (χ4v) is 0.860. The molecule has 3 atom stereocenters. The molecule has 0 spiro atoms. The van der Waals surface area contributed by atoms with Crippen LogP contribution in [0.3, 0.4) is 0 Å². The molecule has 0 rings (SSSR count). The minimum Gasteiger partial charge on any atom is -0.460 e. The zero-order valence-corrected chi connectivity index (χ0v) is 8.87. The SMILES string of the molecule is CCCOC(=O)C(=O)[C@@H](O)[C@H](O)[C@@H](O)CO. The maximum absolute atomic E-state index is 11.1. The molecule has 0 aromatic heterocycles. The number of aliphatic hydroxyl groups excluding tert-OH is 4. The van der Waals surface area contributed by atoms with E-state index in [1.807, 2.05) is 0 Å². The predicted molar refractivity (Wildman–Crippen MR) is 51.4 cm³/mol. The first kappa shape index (κ1) is 15.0. The molecule has 0 bridgehead atoms. The fraction of sp³-hybridized carbons (Fsp3) is 0.778. The second kappa shape index (κ2) is 7.29. The first-order chi connectivity index (χ1) is 7.45.